The number of amides is 2. The fourth-order valence-electron chi connectivity index (χ4n) is 7.19. The Balaban J connectivity index is 1.00. The van der Waals surface area contributed by atoms with Crippen LogP contribution in [0, 0.1) is 5.92 Å². The fourth-order valence-corrected chi connectivity index (χ4v) is 8.18. The van der Waals surface area contributed by atoms with Crippen molar-refractivity contribution in [3.63, 3.8) is 0 Å². The van der Waals surface area contributed by atoms with Crippen molar-refractivity contribution in [2.45, 2.75) is 50.3 Å². The number of rotatable bonds is 13. The van der Waals surface area contributed by atoms with E-state index in [-0.39, 0.29) is 30.8 Å². The maximum absolute atomic E-state index is 12.7. The Bertz CT molecular complexity index is 2330. The highest BCUT2D eigenvalue weighted by Gasteiger charge is 2.39. The molecule has 1 aliphatic heterocycles. The number of hydrogen-bond donors (Lipinski definition) is 3. The van der Waals surface area contributed by atoms with Gasteiger partial charge in [0.15, 0.2) is 12.1 Å². The predicted octanol–water partition coefficient (Wildman–Crippen LogP) is 10.8. The van der Waals surface area contributed by atoms with Crippen LogP contribution in [-0.2, 0) is 29.2 Å². The highest BCUT2D eigenvalue weighted by molar-refractivity contribution is 7.99. The molecule has 8 nitrogen and oxygen atoms in total. The third kappa shape index (κ3) is 9.25. The van der Waals surface area contributed by atoms with Gasteiger partial charge in [-0.15, -0.1) is 0 Å². The Morgan fingerprint density at radius 3 is 1.98 bits per heavy atom. The maximum atomic E-state index is 12.7. The number of aliphatic hydroxyl groups is 1. The molecule has 8 rings (SSSR count). The Morgan fingerprint density at radius 2 is 1.28 bits per heavy atom. The molecule has 0 spiro atoms. The van der Waals surface area contributed by atoms with Gasteiger partial charge in [0, 0.05) is 41.5 Å². The molecule has 0 radical (unpaired) electrons. The van der Waals surface area contributed by atoms with E-state index in [9.17, 15) is 9.90 Å². The van der Waals surface area contributed by atoms with Gasteiger partial charge in [0.1, 0.15) is 5.69 Å². The molecule has 1 aromatic heterocycles. The number of thioether (sulfide) groups is 1. The van der Waals surface area contributed by atoms with Gasteiger partial charge in [-0.25, -0.2) is 9.78 Å². The molecule has 1 saturated heterocycles. The van der Waals surface area contributed by atoms with Gasteiger partial charge < -0.3 is 29.6 Å². The predicted molar refractivity (Wildman–Crippen MR) is 228 cm³/mol. The molecule has 0 aliphatic carbocycles. The van der Waals surface area contributed by atoms with E-state index < -0.39 is 6.29 Å². The van der Waals surface area contributed by atoms with Crippen molar-refractivity contribution in [3.8, 4) is 33.7 Å². The topological polar surface area (TPSA) is 106 Å². The van der Waals surface area contributed by atoms with Crippen LogP contribution in [0.2, 0.25) is 0 Å². The third-order valence-corrected chi connectivity index (χ3v) is 11.3. The molecule has 0 bridgehead atoms. The lowest BCUT2D eigenvalue weighted by Gasteiger charge is -2.41. The number of oxazole rings is 1. The first-order valence-electron chi connectivity index (χ1n) is 19.5. The van der Waals surface area contributed by atoms with Crippen molar-refractivity contribution < 1.29 is 23.8 Å². The van der Waals surface area contributed by atoms with Crippen LogP contribution in [0.15, 0.2) is 173 Å². The van der Waals surface area contributed by atoms with Gasteiger partial charge in [0.25, 0.3) is 5.22 Å². The van der Waals surface area contributed by atoms with Crippen molar-refractivity contribution in [1.29, 1.82) is 0 Å². The Morgan fingerprint density at radius 1 is 0.655 bits per heavy atom. The zero-order valence-electron chi connectivity index (χ0n) is 32.2. The molecule has 58 heavy (non-hydrogen) atoms. The standard InChI is InChI=1S/C49H45N3O5S/c1-33-43(32-58-49-52-44(37-15-7-3-8-16-37)46(57-49)38-17-9-4-10-18-38)55-47(56-45(33)39-23-21-35(31-53)22-24-39)40-27-25-36(26-28-40)42-20-12-11-19-41(42)30-51-48(54)50-29-34-13-5-2-6-14-34/h2-28,33,43,45,47,53H,29-32H2,1H3,(H2,50,51,54)/t33-,43+,45+,47+/m0/s1. The van der Waals surface area contributed by atoms with Gasteiger partial charge in [-0.2, -0.15) is 0 Å². The second-order valence-electron chi connectivity index (χ2n) is 14.3. The second-order valence-corrected chi connectivity index (χ2v) is 15.3. The Kier molecular flexibility index (Phi) is 12.4. The molecule has 0 unspecified atom stereocenters. The summed E-state index contributed by atoms with van der Waals surface area (Å²) in [6.45, 7) is 2.97. The maximum Gasteiger partial charge on any atom is 0.315 e. The van der Waals surface area contributed by atoms with E-state index in [0.717, 1.165) is 61.5 Å². The lowest BCUT2D eigenvalue weighted by molar-refractivity contribution is -0.268. The van der Waals surface area contributed by atoms with E-state index in [1.165, 1.54) is 11.8 Å². The van der Waals surface area contributed by atoms with E-state index in [1.54, 1.807) is 0 Å². The van der Waals surface area contributed by atoms with Crippen LogP contribution in [0.3, 0.4) is 0 Å². The van der Waals surface area contributed by atoms with Crippen LogP contribution >= 0.6 is 11.8 Å². The van der Waals surface area contributed by atoms with Crippen molar-refractivity contribution in [3.05, 3.63) is 192 Å². The van der Waals surface area contributed by atoms with Gasteiger partial charge in [-0.05, 0) is 33.4 Å². The Hall–Kier alpha value is -5.97. The molecule has 6 aromatic carbocycles. The molecule has 9 heteroatoms. The zero-order chi connectivity index (χ0) is 39.7. The molecule has 292 valence electrons. The molecule has 1 aliphatic rings. The van der Waals surface area contributed by atoms with Gasteiger partial charge >= 0.3 is 6.03 Å². The van der Waals surface area contributed by atoms with Gasteiger partial charge in [-0.3, -0.25) is 0 Å². The Labute approximate surface area is 343 Å². The summed E-state index contributed by atoms with van der Waals surface area (Å²) >= 11 is 1.54. The summed E-state index contributed by atoms with van der Waals surface area (Å²) in [5.74, 6) is 1.32. The zero-order valence-corrected chi connectivity index (χ0v) is 33.0. The number of ether oxygens (including phenoxy) is 2. The number of aromatic nitrogens is 1. The number of carbonyl (C=O) groups excluding carboxylic acids is 1. The summed E-state index contributed by atoms with van der Waals surface area (Å²) in [6.07, 6.45) is -1.10. The minimum Gasteiger partial charge on any atom is -0.431 e. The average molecular weight is 788 g/mol. The van der Waals surface area contributed by atoms with Crippen LogP contribution in [-0.4, -0.2) is 28.0 Å². The van der Waals surface area contributed by atoms with E-state index in [0.29, 0.717) is 24.1 Å². The highest BCUT2D eigenvalue weighted by atomic mass is 32.2. The largest absolute Gasteiger partial charge is 0.431 e. The van der Waals surface area contributed by atoms with Gasteiger partial charge in [-0.1, -0.05) is 182 Å². The summed E-state index contributed by atoms with van der Waals surface area (Å²) in [6, 6.07) is 54.1. The number of hydrogen-bond acceptors (Lipinski definition) is 7. The average Bonchev–Trinajstić information content (AvgIpc) is 3.73. The molecular weight excluding hydrogens is 743 g/mol. The fraction of sp³-hybridized carbons (Fsp3) is 0.184. The number of urea groups is 1. The summed E-state index contributed by atoms with van der Waals surface area (Å²) in [4.78, 5) is 17.6. The normalized spacial score (nSPS) is 17.8. The van der Waals surface area contributed by atoms with Crippen LogP contribution in [0.25, 0.3) is 33.7 Å². The number of aliphatic hydroxyl groups excluding tert-OH is 1. The van der Waals surface area contributed by atoms with Crippen molar-refractivity contribution >= 4 is 17.8 Å². The molecular formula is C49H45N3O5S. The van der Waals surface area contributed by atoms with E-state index >= 15 is 0 Å². The molecule has 7 aromatic rings. The minimum absolute atomic E-state index is 0.00980. The number of nitrogens with zero attached hydrogens (tertiary/aromatic N) is 1. The van der Waals surface area contributed by atoms with Crippen LogP contribution in [0.1, 0.15) is 47.1 Å². The van der Waals surface area contributed by atoms with Crippen molar-refractivity contribution in [1.82, 2.24) is 15.6 Å². The number of nitrogens with one attached hydrogen (secondary N) is 2. The number of benzene rings is 6. The summed E-state index contributed by atoms with van der Waals surface area (Å²) in [5.41, 5.74) is 9.62. The minimum atomic E-state index is -0.632. The quantitative estimate of drug-likeness (QED) is 0.0999. The summed E-state index contributed by atoms with van der Waals surface area (Å²) in [5, 5.41) is 16.2. The highest BCUT2D eigenvalue weighted by Crippen LogP contribution is 2.44. The third-order valence-electron chi connectivity index (χ3n) is 10.4. The second kappa shape index (κ2) is 18.5. The van der Waals surface area contributed by atoms with Crippen LogP contribution < -0.4 is 10.6 Å². The van der Waals surface area contributed by atoms with E-state index in [2.05, 4.69) is 47.9 Å². The van der Waals surface area contributed by atoms with Crippen molar-refractivity contribution in [2.24, 2.45) is 5.92 Å². The molecule has 3 N–H and O–H groups in total. The number of carbonyl (C=O) groups is 1. The molecule has 1 fully saturated rings. The summed E-state index contributed by atoms with van der Waals surface area (Å²) < 4.78 is 20.0. The molecule has 4 atom stereocenters. The van der Waals surface area contributed by atoms with Crippen molar-refractivity contribution in [2.75, 3.05) is 5.75 Å². The molecule has 0 saturated carbocycles. The monoisotopic (exact) mass is 787 g/mol. The van der Waals surface area contributed by atoms with E-state index in [4.69, 9.17) is 18.9 Å². The van der Waals surface area contributed by atoms with Crippen LogP contribution in [0.5, 0.6) is 0 Å². The molecule has 2 amide bonds. The van der Waals surface area contributed by atoms with Gasteiger partial charge in [0.05, 0.1) is 18.8 Å². The van der Waals surface area contributed by atoms with Gasteiger partial charge in [0.2, 0.25) is 0 Å². The van der Waals surface area contributed by atoms with E-state index in [1.807, 2.05) is 133 Å². The lowest BCUT2D eigenvalue weighted by Crippen LogP contribution is -2.38. The first kappa shape index (κ1) is 38.9. The lowest BCUT2D eigenvalue weighted by atomic mass is 9.91. The van der Waals surface area contributed by atoms with Crippen LogP contribution in [0.4, 0.5) is 4.79 Å². The first-order valence-corrected chi connectivity index (χ1v) is 20.5. The molecule has 2 heterocycles. The summed E-state index contributed by atoms with van der Waals surface area (Å²) in [7, 11) is 0. The smallest absolute Gasteiger partial charge is 0.315 e. The SMILES string of the molecule is C[C@H]1[C@@H](CSc2nc(-c3ccccc3)c(-c3ccccc3)o2)O[C@@H](c2ccc(-c3ccccc3CNC(=O)NCc3ccccc3)cc2)O[C@H]1c1ccc(CO)cc1. The first-order chi connectivity index (χ1) is 28.5.